The van der Waals surface area contributed by atoms with Crippen molar-refractivity contribution in [3.63, 3.8) is 0 Å². The van der Waals surface area contributed by atoms with E-state index in [4.69, 9.17) is 10.5 Å². The molecule has 0 bridgehead atoms. The molecule has 0 heterocycles. The minimum Gasteiger partial charge on any atom is -0.383 e. The molecule has 1 aliphatic carbocycles. The highest BCUT2D eigenvalue weighted by atomic mass is 16.5. The van der Waals surface area contributed by atoms with Crippen LogP contribution in [0.25, 0.3) is 0 Å². The van der Waals surface area contributed by atoms with Crippen LogP contribution in [-0.2, 0) is 4.74 Å². The van der Waals surface area contributed by atoms with Crippen LogP contribution in [0.2, 0.25) is 0 Å². The van der Waals surface area contributed by atoms with E-state index < -0.39 is 0 Å². The van der Waals surface area contributed by atoms with E-state index in [0.717, 1.165) is 13.2 Å². The summed E-state index contributed by atoms with van der Waals surface area (Å²) in [5.74, 6) is 0. The van der Waals surface area contributed by atoms with Crippen molar-refractivity contribution in [2.75, 3.05) is 27.3 Å². The minimum absolute atomic E-state index is 0.525. The molecule has 1 fully saturated rings. The number of ether oxygens (including phenoxy) is 1. The number of hydrogen-bond acceptors (Lipinski definition) is 3. The molecular weight excluding hydrogens is 176 g/mol. The molecule has 3 N–H and O–H groups in total. The zero-order chi connectivity index (χ0) is 10.6. The summed E-state index contributed by atoms with van der Waals surface area (Å²) in [5.41, 5.74) is 5.73. The van der Waals surface area contributed by atoms with Gasteiger partial charge in [-0.1, -0.05) is 25.7 Å². The molecular formula is C11H26N2O. The Hall–Kier alpha value is -0.120. The fourth-order valence-corrected chi connectivity index (χ4v) is 1.52. The van der Waals surface area contributed by atoms with Crippen molar-refractivity contribution in [2.45, 2.75) is 44.6 Å². The summed E-state index contributed by atoms with van der Waals surface area (Å²) in [4.78, 5) is 0. The minimum atomic E-state index is 0.525. The molecule has 0 aromatic rings. The number of nitrogens with two attached hydrogens (primary N) is 1. The maximum atomic E-state index is 5.73. The lowest BCUT2D eigenvalue weighted by Gasteiger charge is -2.03. The molecule has 0 unspecified atom stereocenters. The van der Waals surface area contributed by atoms with E-state index in [2.05, 4.69) is 5.32 Å². The van der Waals surface area contributed by atoms with E-state index in [1.54, 1.807) is 7.11 Å². The molecule has 0 radical (unpaired) electrons. The summed E-state index contributed by atoms with van der Waals surface area (Å²) in [7, 11) is 3.59. The summed E-state index contributed by atoms with van der Waals surface area (Å²) < 4.78 is 4.72. The molecule has 86 valence electrons. The number of rotatable bonds is 3. The Morgan fingerprint density at radius 3 is 2.14 bits per heavy atom. The van der Waals surface area contributed by atoms with Gasteiger partial charge in [0.2, 0.25) is 0 Å². The fraction of sp³-hybridized carbons (Fsp3) is 1.00. The summed E-state index contributed by atoms with van der Waals surface area (Å²) in [6.45, 7) is 1.74. The third kappa shape index (κ3) is 9.96. The topological polar surface area (TPSA) is 47.3 Å². The van der Waals surface area contributed by atoms with Crippen LogP contribution in [-0.4, -0.2) is 33.4 Å². The van der Waals surface area contributed by atoms with Gasteiger partial charge in [-0.15, -0.1) is 0 Å². The van der Waals surface area contributed by atoms with Crippen LogP contribution in [0.5, 0.6) is 0 Å². The highest BCUT2D eigenvalue weighted by molar-refractivity contribution is 4.65. The maximum absolute atomic E-state index is 5.73. The van der Waals surface area contributed by atoms with Crippen molar-refractivity contribution in [1.29, 1.82) is 0 Å². The second kappa shape index (κ2) is 11.0. The Morgan fingerprint density at radius 1 is 1.21 bits per heavy atom. The van der Waals surface area contributed by atoms with Gasteiger partial charge in [-0.2, -0.15) is 0 Å². The van der Waals surface area contributed by atoms with Crippen LogP contribution in [0, 0.1) is 0 Å². The van der Waals surface area contributed by atoms with Crippen LogP contribution in [0.15, 0.2) is 0 Å². The van der Waals surface area contributed by atoms with Gasteiger partial charge in [0.05, 0.1) is 6.61 Å². The van der Waals surface area contributed by atoms with Crippen molar-refractivity contribution < 1.29 is 4.74 Å². The van der Waals surface area contributed by atoms with Gasteiger partial charge in [0, 0.05) is 19.7 Å². The molecule has 3 nitrogen and oxygen atoms in total. The zero-order valence-corrected chi connectivity index (χ0v) is 9.72. The predicted molar refractivity (Wildman–Crippen MR) is 61.5 cm³/mol. The van der Waals surface area contributed by atoms with Crippen molar-refractivity contribution in [3.8, 4) is 0 Å². The molecule has 0 aliphatic heterocycles. The van der Waals surface area contributed by atoms with Crippen molar-refractivity contribution in [3.05, 3.63) is 0 Å². The quantitative estimate of drug-likeness (QED) is 0.539. The SMILES string of the molecule is CNCCOC.NC1CCCCCC1. The van der Waals surface area contributed by atoms with Crippen molar-refractivity contribution >= 4 is 0 Å². The predicted octanol–water partition coefficient (Wildman–Crippen LogP) is 1.52. The maximum Gasteiger partial charge on any atom is 0.0587 e. The van der Waals surface area contributed by atoms with Crippen molar-refractivity contribution in [2.24, 2.45) is 5.73 Å². The third-order valence-electron chi connectivity index (χ3n) is 2.46. The van der Waals surface area contributed by atoms with Crippen LogP contribution in [0.4, 0.5) is 0 Å². The molecule has 0 spiro atoms. The van der Waals surface area contributed by atoms with E-state index in [1.807, 2.05) is 7.05 Å². The van der Waals surface area contributed by atoms with Gasteiger partial charge >= 0.3 is 0 Å². The van der Waals surface area contributed by atoms with E-state index in [0.29, 0.717) is 6.04 Å². The highest BCUT2D eigenvalue weighted by Gasteiger charge is 2.05. The molecule has 0 amide bonds. The van der Waals surface area contributed by atoms with E-state index >= 15 is 0 Å². The van der Waals surface area contributed by atoms with Gasteiger partial charge in [-0.3, -0.25) is 0 Å². The molecule has 1 rings (SSSR count). The zero-order valence-electron chi connectivity index (χ0n) is 9.72. The molecule has 0 saturated heterocycles. The smallest absolute Gasteiger partial charge is 0.0587 e. The first-order valence-corrected chi connectivity index (χ1v) is 5.70. The Bertz CT molecular complexity index is 97.5. The van der Waals surface area contributed by atoms with Gasteiger partial charge in [0.1, 0.15) is 0 Å². The van der Waals surface area contributed by atoms with Gasteiger partial charge < -0.3 is 15.8 Å². The monoisotopic (exact) mass is 202 g/mol. The molecule has 1 aliphatic rings. The Labute approximate surface area is 88.4 Å². The second-order valence-corrected chi connectivity index (χ2v) is 3.85. The Kier molecular flexibility index (Phi) is 10.9. The van der Waals surface area contributed by atoms with Crippen LogP contribution in [0.3, 0.4) is 0 Å². The molecule has 3 heteroatoms. The van der Waals surface area contributed by atoms with E-state index in [-0.39, 0.29) is 0 Å². The molecule has 1 saturated carbocycles. The standard InChI is InChI=1S/C7H15N.C4H11NO/c8-7-5-3-1-2-4-6-7;1-5-3-4-6-2/h7H,1-6,8H2;5H,3-4H2,1-2H3. The van der Waals surface area contributed by atoms with Gasteiger partial charge in [0.15, 0.2) is 0 Å². The highest BCUT2D eigenvalue weighted by Crippen LogP contribution is 2.14. The first kappa shape index (κ1) is 13.9. The fourth-order valence-electron chi connectivity index (χ4n) is 1.52. The van der Waals surface area contributed by atoms with Crippen LogP contribution >= 0.6 is 0 Å². The Balaban J connectivity index is 0.000000255. The summed E-state index contributed by atoms with van der Waals surface area (Å²) in [6.07, 6.45) is 8.07. The molecule has 0 aromatic carbocycles. The number of nitrogens with one attached hydrogen (secondary N) is 1. The molecule has 14 heavy (non-hydrogen) atoms. The van der Waals surface area contributed by atoms with Crippen molar-refractivity contribution in [1.82, 2.24) is 5.32 Å². The second-order valence-electron chi connectivity index (χ2n) is 3.85. The average molecular weight is 202 g/mol. The first-order chi connectivity index (χ1) is 6.81. The third-order valence-corrected chi connectivity index (χ3v) is 2.46. The average Bonchev–Trinajstić information content (AvgIpc) is 2.44. The lowest BCUT2D eigenvalue weighted by atomic mass is 10.1. The lowest BCUT2D eigenvalue weighted by molar-refractivity contribution is 0.201. The number of likely N-dealkylation sites (N-methyl/N-ethyl adjacent to an activating group) is 1. The summed E-state index contributed by atoms with van der Waals surface area (Å²) in [6, 6.07) is 0.525. The number of hydrogen-bond donors (Lipinski definition) is 2. The van der Waals surface area contributed by atoms with E-state index in [9.17, 15) is 0 Å². The number of methoxy groups -OCH3 is 1. The molecule has 0 atom stereocenters. The molecule has 0 aromatic heterocycles. The summed E-state index contributed by atoms with van der Waals surface area (Å²) >= 11 is 0. The van der Waals surface area contributed by atoms with E-state index in [1.165, 1.54) is 38.5 Å². The Morgan fingerprint density at radius 2 is 1.79 bits per heavy atom. The van der Waals surface area contributed by atoms with Crippen LogP contribution in [0.1, 0.15) is 38.5 Å². The lowest BCUT2D eigenvalue weighted by Crippen LogP contribution is -2.17. The normalized spacial score (nSPS) is 18.2. The first-order valence-electron chi connectivity index (χ1n) is 5.70. The van der Waals surface area contributed by atoms with Crippen LogP contribution < -0.4 is 11.1 Å². The summed E-state index contributed by atoms with van der Waals surface area (Å²) in [5, 5.41) is 2.94. The largest absolute Gasteiger partial charge is 0.383 e. The van der Waals surface area contributed by atoms with Gasteiger partial charge in [-0.05, 0) is 19.9 Å². The van der Waals surface area contributed by atoms with Gasteiger partial charge in [-0.25, -0.2) is 0 Å². The van der Waals surface area contributed by atoms with Gasteiger partial charge in [0.25, 0.3) is 0 Å².